The first-order chi connectivity index (χ1) is 14.6. The molecule has 30 heavy (non-hydrogen) atoms. The van der Waals surface area contributed by atoms with Gasteiger partial charge in [0.05, 0.1) is 22.9 Å². The first-order valence-electron chi connectivity index (χ1n) is 10.2. The molecule has 0 bridgehead atoms. The zero-order valence-corrected chi connectivity index (χ0v) is 16.9. The van der Waals surface area contributed by atoms with Crippen molar-refractivity contribution in [1.82, 2.24) is 24.2 Å². The lowest BCUT2D eigenvalue weighted by molar-refractivity contribution is 0.0709. The molecule has 4 aromatic rings. The maximum atomic E-state index is 13.0. The van der Waals surface area contributed by atoms with Crippen molar-refractivity contribution in [2.24, 2.45) is 12.8 Å². The van der Waals surface area contributed by atoms with E-state index in [1.807, 2.05) is 63.7 Å². The van der Waals surface area contributed by atoms with Crippen molar-refractivity contribution in [2.45, 2.75) is 18.9 Å². The highest BCUT2D eigenvalue weighted by Gasteiger charge is 2.23. The topological polar surface area (TPSA) is 82.0 Å². The third-order valence-electron chi connectivity index (χ3n) is 5.75. The molecule has 1 aliphatic heterocycles. The van der Waals surface area contributed by atoms with E-state index in [-0.39, 0.29) is 11.9 Å². The summed E-state index contributed by atoms with van der Waals surface area (Å²) in [5.74, 6) is 0.724. The Balaban J connectivity index is 1.53. The van der Waals surface area contributed by atoms with E-state index in [0.717, 1.165) is 41.7 Å². The zero-order valence-electron chi connectivity index (χ0n) is 16.9. The minimum Gasteiger partial charge on any atom is -0.337 e. The molecule has 0 saturated carbocycles. The van der Waals surface area contributed by atoms with Crippen LogP contribution in [0.2, 0.25) is 0 Å². The Morgan fingerprint density at radius 2 is 1.97 bits per heavy atom. The maximum absolute atomic E-state index is 13.0. The number of carbonyl (C=O) groups excluding carboxylic acids is 1. The molecule has 152 valence electrons. The molecule has 1 amide bonds. The van der Waals surface area contributed by atoms with Crippen molar-refractivity contribution in [2.75, 3.05) is 13.1 Å². The van der Waals surface area contributed by atoms with E-state index in [1.165, 1.54) is 0 Å². The SMILES string of the molecule is Cn1c(-n2nccc2-c2ccccc2)nc2cc(C(=O)N3CCC[C@@H](N)C3)ccc21. The van der Waals surface area contributed by atoms with Crippen LogP contribution in [0.3, 0.4) is 0 Å². The van der Waals surface area contributed by atoms with Gasteiger partial charge in [0.1, 0.15) is 0 Å². The number of aryl methyl sites for hydroxylation is 1. The highest BCUT2D eigenvalue weighted by molar-refractivity contribution is 5.97. The van der Waals surface area contributed by atoms with Crippen LogP contribution in [0, 0.1) is 0 Å². The Kier molecular flexibility index (Phi) is 4.59. The first-order valence-corrected chi connectivity index (χ1v) is 10.2. The zero-order chi connectivity index (χ0) is 20.7. The monoisotopic (exact) mass is 400 g/mol. The lowest BCUT2D eigenvalue weighted by atomic mass is 10.1. The van der Waals surface area contributed by atoms with Crippen LogP contribution in [0.4, 0.5) is 0 Å². The van der Waals surface area contributed by atoms with Crippen LogP contribution in [0.5, 0.6) is 0 Å². The van der Waals surface area contributed by atoms with Gasteiger partial charge in [0.15, 0.2) is 0 Å². The average molecular weight is 400 g/mol. The van der Waals surface area contributed by atoms with Gasteiger partial charge in [-0.15, -0.1) is 0 Å². The van der Waals surface area contributed by atoms with Gasteiger partial charge in [-0.2, -0.15) is 9.78 Å². The lowest BCUT2D eigenvalue weighted by Crippen LogP contribution is -2.45. The number of hydrogen-bond donors (Lipinski definition) is 1. The summed E-state index contributed by atoms with van der Waals surface area (Å²) in [7, 11) is 1.96. The van der Waals surface area contributed by atoms with E-state index in [0.29, 0.717) is 18.1 Å². The van der Waals surface area contributed by atoms with Crippen LogP contribution in [-0.2, 0) is 7.05 Å². The summed E-state index contributed by atoms with van der Waals surface area (Å²) >= 11 is 0. The summed E-state index contributed by atoms with van der Waals surface area (Å²) in [5, 5.41) is 4.50. The molecule has 0 radical (unpaired) electrons. The number of aromatic nitrogens is 4. The minimum absolute atomic E-state index is 0.0170. The molecule has 2 N–H and O–H groups in total. The molecular weight excluding hydrogens is 376 g/mol. The fourth-order valence-electron chi connectivity index (χ4n) is 4.18. The van der Waals surface area contributed by atoms with E-state index in [9.17, 15) is 4.79 Å². The summed E-state index contributed by atoms with van der Waals surface area (Å²) in [6.07, 6.45) is 3.70. The van der Waals surface area contributed by atoms with E-state index in [4.69, 9.17) is 10.7 Å². The molecule has 0 aliphatic carbocycles. The Bertz CT molecular complexity index is 1210. The predicted molar refractivity (Wildman–Crippen MR) is 116 cm³/mol. The number of carbonyl (C=O) groups is 1. The molecule has 7 heteroatoms. The largest absolute Gasteiger partial charge is 0.337 e. The number of likely N-dealkylation sites (tertiary alicyclic amines) is 1. The Labute approximate surface area is 174 Å². The van der Waals surface area contributed by atoms with Gasteiger partial charge in [0.25, 0.3) is 5.91 Å². The van der Waals surface area contributed by atoms with Gasteiger partial charge in [0, 0.05) is 37.3 Å². The maximum Gasteiger partial charge on any atom is 0.253 e. The fourth-order valence-corrected chi connectivity index (χ4v) is 4.18. The van der Waals surface area contributed by atoms with Crippen molar-refractivity contribution >= 4 is 16.9 Å². The Hall–Kier alpha value is -3.45. The molecule has 2 aromatic heterocycles. The van der Waals surface area contributed by atoms with Gasteiger partial charge < -0.3 is 15.2 Å². The predicted octanol–water partition coefficient (Wildman–Crippen LogP) is 2.99. The van der Waals surface area contributed by atoms with Crippen LogP contribution >= 0.6 is 0 Å². The third-order valence-corrected chi connectivity index (χ3v) is 5.75. The molecule has 1 atom stereocenters. The molecule has 1 aliphatic rings. The number of benzene rings is 2. The molecule has 1 fully saturated rings. The molecule has 1 saturated heterocycles. The number of nitrogens with two attached hydrogens (primary N) is 1. The third kappa shape index (κ3) is 3.17. The minimum atomic E-state index is 0.0170. The summed E-state index contributed by atoms with van der Waals surface area (Å²) in [6.45, 7) is 1.36. The van der Waals surface area contributed by atoms with Gasteiger partial charge in [-0.25, -0.2) is 4.98 Å². The van der Waals surface area contributed by atoms with Crippen molar-refractivity contribution in [3.63, 3.8) is 0 Å². The van der Waals surface area contributed by atoms with Gasteiger partial charge in [0.2, 0.25) is 5.95 Å². The molecule has 7 nitrogen and oxygen atoms in total. The standard InChI is InChI=1S/C23H24N6O/c1-27-21-10-9-17(22(30)28-13-5-8-18(24)15-28)14-19(21)26-23(27)29-20(11-12-25-29)16-6-3-2-4-7-16/h2-4,6-7,9-12,14,18H,5,8,13,15,24H2,1H3/t18-/m1/s1. The quantitative estimate of drug-likeness (QED) is 0.573. The molecule has 5 rings (SSSR count). The van der Waals surface area contributed by atoms with Gasteiger partial charge in [-0.3, -0.25) is 4.79 Å². The van der Waals surface area contributed by atoms with Crippen molar-refractivity contribution < 1.29 is 4.79 Å². The van der Waals surface area contributed by atoms with Crippen molar-refractivity contribution in [3.05, 3.63) is 66.4 Å². The van der Waals surface area contributed by atoms with Crippen LogP contribution in [0.1, 0.15) is 23.2 Å². The smallest absolute Gasteiger partial charge is 0.253 e. The Morgan fingerprint density at radius 1 is 1.13 bits per heavy atom. The molecule has 0 unspecified atom stereocenters. The fraction of sp³-hybridized carbons (Fsp3) is 0.261. The molecule has 0 spiro atoms. The summed E-state index contributed by atoms with van der Waals surface area (Å²) in [4.78, 5) is 19.6. The summed E-state index contributed by atoms with van der Waals surface area (Å²) < 4.78 is 3.83. The number of hydrogen-bond acceptors (Lipinski definition) is 4. The first kappa shape index (κ1) is 18.6. The van der Waals surface area contributed by atoms with E-state index in [1.54, 1.807) is 6.20 Å². The number of fused-ring (bicyclic) bond motifs is 1. The van der Waals surface area contributed by atoms with Crippen LogP contribution in [0.15, 0.2) is 60.8 Å². The number of piperidine rings is 1. The van der Waals surface area contributed by atoms with Crippen molar-refractivity contribution in [1.29, 1.82) is 0 Å². The van der Waals surface area contributed by atoms with Crippen LogP contribution < -0.4 is 5.73 Å². The lowest BCUT2D eigenvalue weighted by Gasteiger charge is -2.30. The molecular formula is C23H24N6O. The van der Waals surface area contributed by atoms with Crippen LogP contribution in [0.25, 0.3) is 28.2 Å². The highest BCUT2D eigenvalue weighted by atomic mass is 16.2. The number of nitrogens with zero attached hydrogens (tertiary/aromatic N) is 5. The number of amides is 1. The van der Waals surface area contributed by atoms with E-state index in [2.05, 4.69) is 17.2 Å². The molecule has 2 aromatic carbocycles. The Morgan fingerprint density at radius 3 is 2.77 bits per heavy atom. The number of rotatable bonds is 3. The van der Waals surface area contributed by atoms with Gasteiger partial charge >= 0.3 is 0 Å². The average Bonchev–Trinajstić information content (AvgIpc) is 3.38. The number of imidazole rings is 1. The van der Waals surface area contributed by atoms with E-state index >= 15 is 0 Å². The molecule has 3 heterocycles. The summed E-state index contributed by atoms with van der Waals surface area (Å²) in [5.41, 5.74) is 10.5. The second-order valence-electron chi connectivity index (χ2n) is 7.82. The van der Waals surface area contributed by atoms with Gasteiger partial charge in [-0.05, 0) is 37.1 Å². The second kappa shape index (κ2) is 7.42. The van der Waals surface area contributed by atoms with Gasteiger partial charge in [-0.1, -0.05) is 30.3 Å². The van der Waals surface area contributed by atoms with E-state index < -0.39 is 0 Å². The normalized spacial score (nSPS) is 16.9. The van der Waals surface area contributed by atoms with Crippen LogP contribution in [-0.4, -0.2) is 49.3 Å². The highest BCUT2D eigenvalue weighted by Crippen LogP contribution is 2.25. The second-order valence-corrected chi connectivity index (χ2v) is 7.82. The summed E-state index contributed by atoms with van der Waals surface area (Å²) in [6, 6.07) is 17.8. The van der Waals surface area contributed by atoms with Crippen molar-refractivity contribution in [3.8, 4) is 17.2 Å².